The fourth-order valence-corrected chi connectivity index (χ4v) is 3.95. The first-order chi connectivity index (χ1) is 12.0. The molecule has 1 heterocycles. The summed E-state index contributed by atoms with van der Waals surface area (Å²) in [4.78, 5) is 29.4. The summed E-state index contributed by atoms with van der Waals surface area (Å²) in [6.07, 6.45) is 4.00. The molecule has 1 aliphatic carbocycles. The highest BCUT2D eigenvalue weighted by Crippen LogP contribution is 2.31. The first kappa shape index (κ1) is 18.0. The summed E-state index contributed by atoms with van der Waals surface area (Å²) < 4.78 is 0. The first-order valence-electron chi connectivity index (χ1n) is 9.63. The van der Waals surface area contributed by atoms with E-state index in [-0.39, 0.29) is 30.3 Å². The quantitative estimate of drug-likeness (QED) is 0.823. The molecule has 25 heavy (non-hydrogen) atoms. The molecule has 0 aromatic heterocycles. The summed E-state index contributed by atoms with van der Waals surface area (Å²) in [7, 11) is 0. The van der Waals surface area contributed by atoms with Crippen LogP contribution in [0.15, 0.2) is 24.3 Å². The van der Waals surface area contributed by atoms with Crippen molar-refractivity contribution in [3.8, 4) is 0 Å². The van der Waals surface area contributed by atoms with Gasteiger partial charge in [-0.25, -0.2) is 0 Å². The highest BCUT2D eigenvalue weighted by atomic mass is 16.2. The van der Waals surface area contributed by atoms with E-state index in [9.17, 15) is 9.59 Å². The van der Waals surface area contributed by atoms with Crippen LogP contribution in [0.1, 0.15) is 57.2 Å². The molecule has 1 atom stereocenters. The van der Waals surface area contributed by atoms with Crippen LogP contribution in [0, 0.1) is 11.8 Å². The highest BCUT2D eigenvalue weighted by molar-refractivity contribution is 5.86. The SMILES string of the molecule is CC(C)CN(CC(=O)N1CCc2ccccc2C1C)C(=O)C1CCC1. The average molecular weight is 342 g/mol. The van der Waals surface area contributed by atoms with Crippen LogP contribution in [-0.4, -0.2) is 41.2 Å². The number of nitrogens with zero attached hydrogens (tertiary/aromatic N) is 2. The third kappa shape index (κ3) is 3.88. The maximum absolute atomic E-state index is 13.0. The van der Waals surface area contributed by atoms with Crippen LogP contribution < -0.4 is 0 Å². The minimum atomic E-state index is 0.0790. The number of fused-ring (bicyclic) bond motifs is 1. The van der Waals surface area contributed by atoms with Gasteiger partial charge in [0.05, 0.1) is 12.6 Å². The molecule has 2 aliphatic rings. The molecule has 3 rings (SSSR count). The molecule has 4 heteroatoms. The lowest BCUT2D eigenvalue weighted by Gasteiger charge is -2.38. The molecular weight excluding hydrogens is 312 g/mol. The Balaban J connectivity index is 1.69. The zero-order valence-corrected chi connectivity index (χ0v) is 15.7. The van der Waals surface area contributed by atoms with Crippen LogP contribution in [0.5, 0.6) is 0 Å². The van der Waals surface area contributed by atoms with Crippen LogP contribution >= 0.6 is 0 Å². The third-order valence-corrected chi connectivity index (χ3v) is 5.59. The standard InChI is InChI=1S/C21H30N2O2/c1-15(2)13-22(21(25)18-8-6-9-18)14-20(24)23-12-11-17-7-4-5-10-19(17)16(23)3/h4-5,7,10,15-16,18H,6,8-9,11-14H2,1-3H3. The molecule has 4 nitrogen and oxygen atoms in total. The summed E-state index contributed by atoms with van der Waals surface area (Å²) in [6.45, 7) is 7.93. The largest absolute Gasteiger partial charge is 0.334 e. The van der Waals surface area contributed by atoms with Crippen molar-refractivity contribution in [2.24, 2.45) is 11.8 Å². The zero-order chi connectivity index (χ0) is 18.0. The van der Waals surface area contributed by atoms with Crippen molar-refractivity contribution in [3.05, 3.63) is 35.4 Å². The Kier molecular flexibility index (Phi) is 5.45. The van der Waals surface area contributed by atoms with E-state index in [1.807, 2.05) is 15.9 Å². The van der Waals surface area contributed by atoms with Crippen LogP contribution in [0.3, 0.4) is 0 Å². The molecule has 2 amide bonds. The van der Waals surface area contributed by atoms with Crippen molar-refractivity contribution in [1.29, 1.82) is 0 Å². The number of amides is 2. The van der Waals surface area contributed by atoms with Crippen molar-refractivity contribution >= 4 is 11.8 Å². The predicted octanol–water partition coefficient (Wildman–Crippen LogP) is 3.42. The van der Waals surface area contributed by atoms with Gasteiger partial charge in [-0.1, -0.05) is 44.5 Å². The fourth-order valence-electron chi connectivity index (χ4n) is 3.95. The maximum atomic E-state index is 13.0. The van der Waals surface area contributed by atoms with Crippen molar-refractivity contribution < 1.29 is 9.59 Å². The van der Waals surface area contributed by atoms with Crippen molar-refractivity contribution in [2.75, 3.05) is 19.6 Å². The van der Waals surface area contributed by atoms with Crippen molar-refractivity contribution in [1.82, 2.24) is 9.80 Å². The topological polar surface area (TPSA) is 40.6 Å². The Bertz CT molecular complexity index is 637. The third-order valence-electron chi connectivity index (χ3n) is 5.59. The Morgan fingerprint density at radius 1 is 1.24 bits per heavy atom. The second-order valence-corrected chi connectivity index (χ2v) is 7.95. The van der Waals surface area contributed by atoms with E-state index in [1.54, 1.807) is 0 Å². The molecule has 0 bridgehead atoms. The highest BCUT2D eigenvalue weighted by Gasteiger charge is 2.33. The monoisotopic (exact) mass is 342 g/mol. The minimum absolute atomic E-state index is 0.0790. The van der Waals surface area contributed by atoms with Gasteiger partial charge in [0.1, 0.15) is 0 Å². The number of carbonyl (C=O) groups excluding carboxylic acids is 2. The van der Waals surface area contributed by atoms with Crippen molar-refractivity contribution in [3.63, 3.8) is 0 Å². The maximum Gasteiger partial charge on any atom is 0.242 e. The lowest BCUT2D eigenvalue weighted by atomic mass is 9.84. The van der Waals surface area contributed by atoms with Gasteiger partial charge >= 0.3 is 0 Å². The molecule has 1 aromatic carbocycles. The Hall–Kier alpha value is -1.84. The molecule has 0 spiro atoms. The van der Waals surface area contributed by atoms with E-state index in [1.165, 1.54) is 11.1 Å². The second-order valence-electron chi connectivity index (χ2n) is 7.95. The number of carbonyl (C=O) groups is 2. The summed E-state index contributed by atoms with van der Waals surface area (Å²) >= 11 is 0. The van der Waals surface area contributed by atoms with E-state index in [2.05, 4.69) is 39.0 Å². The van der Waals surface area contributed by atoms with Gasteiger partial charge in [0, 0.05) is 19.0 Å². The van der Waals surface area contributed by atoms with Gasteiger partial charge in [-0.3, -0.25) is 9.59 Å². The lowest BCUT2D eigenvalue weighted by Crippen LogP contribution is -2.49. The van der Waals surface area contributed by atoms with Gasteiger partial charge < -0.3 is 9.80 Å². The molecule has 1 saturated carbocycles. The van der Waals surface area contributed by atoms with E-state index in [0.717, 1.165) is 32.2 Å². The van der Waals surface area contributed by atoms with Gasteiger partial charge in [0.25, 0.3) is 0 Å². The van der Waals surface area contributed by atoms with Gasteiger partial charge in [-0.05, 0) is 43.2 Å². The first-order valence-corrected chi connectivity index (χ1v) is 9.63. The summed E-state index contributed by atoms with van der Waals surface area (Å²) in [6, 6.07) is 8.44. The van der Waals surface area contributed by atoms with E-state index >= 15 is 0 Å². The van der Waals surface area contributed by atoms with Gasteiger partial charge in [-0.15, -0.1) is 0 Å². The van der Waals surface area contributed by atoms with Crippen LogP contribution in [0.25, 0.3) is 0 Å². The molecule has 1 fully saturated rings. The molecule has 0 radical (unpaired) electrons. The Labute approximate surface area is 151 Å². The van der Waals surface area contributed by atoms with E-state index in [4.69, 9.17) is 0 Å². The average Bonchev–Trinajstić information content (AvgIpc) is 2.52. The number of hydrogen-bond acceptors (Lipinski definition) is 2. The fraction of sp³-hybridized carbons (Fsp3) is 0.619. The minimum Gasteiger partial charge on any atom is -0.334 e. The Morgan fingerprint density at radius 3 is 2.60 bits per heavy atom. The molecule has 0 N–H and O–H groups in total. The molecule has 136 valence electrons. The number of hydrogen-bond donors (Lipinski definition) is 0. The smallest absolute Gasteiger partial charge is 0.242 e. The summed E-state index contributed by atoms with van der Waals surface area (Å²) in [5.41, 5.74) is 2.58. The number of rotatable bonds is 5. The molecule has 1 unspecified atom stereocenters. The van der Waals surface area contributed by atoms with Gasteiger partial charge in [-0.2, -0.15) is 0 Å². The normalized spacial score (nSPS) is 20.2. The van der Waals surface area contributed by atoms with Crippen LogP contribution in [0.2, 0.25) is 0 Å². The zero-order valence-electron chi connectivity index (χ0n) is 15.7. The molecule has 0 saturated heterocycles. The van der Waals surface area contributed by atoms with E-state index in [0.29, 0.717) is 12.5 Å². The van der Waals surface area contributed by atoms with Gasteiger partial charge in [0.15, 0.2) is 0 Å². The summed E-state index contributed by atoms with van der Waals surface area (Å²) in [5, 5.41) is 0. The Morgan fingerprint density at radius 2 is 1.96 bits per heavy atom. The summed E-state index contributed by atoms with van der Waals surface area (Å²) in [5.74, 6) is 0.774. The van der Waals surface area contributed by atoms with Crippen LogP contribution in [0.4, 0.5) is 0 Å². The van der Waals surface area contributed by atoms with Crippen LogP contribution in [-0.2, 0) is 16.0 Å². The number of benzene rings is 1. The molecular formula is C21H30N2O2. The van der Waals surface area contributed by atoms with E-state index < -0.39 is 0 Å². The van der Waals surface area contributed by atoms with Gasteiger partial charge in [0.2, 0.25) is 11.8 Å². The lowest BCUT2D eigenvalue weighted by molar-refractivity contribution is -0.146. The predicted molar refractivity (Wildman–Crippen MR) is 99.0 cm³/mol. The second kappa shape index (κ2) is 7.59. The molecule has 1 aromatic rings. The van der Waals surface area contributed by atoms with Crippen molar-refractivity contribution in [2.45, 2.75) is 52.5 Å². The molecule has 1 aliphatic heterocycles.